The second-order valence-electron chi connectivity index (χ2n) is 4.14. The van der Waals surface area contributed by atoms with Crippen molar-refractivity contribution < 1.29 is 8.78 Å². The lowest BCUT2D eigenvalue weighted by molar-refractivity contribution is 0.567. The molecule has 0 fully saturated rings. The van der Waals surface area contributed by atoms with Crippen molar-refractivity contribution >= 4 is 21.6 Å². The molecule has 0 saturated heterocycles. The van der Waals surface area contributed by atoms with Crippen molar-refractivity contribution in [3.8, 4) is 0 Å². The molecule has 0 radical (unpaired) electrons. The van der Waals surface area contributed by atoms with Gasteiger partial charge in [-0.05, 0) is 34.8 Å². The van der Waals surface area contributed by atoms with Gasteiger partial charge in [-0.25, -0.2) is 8.78 Å². The third kappa shape index (κ3) is 4.26. The number of nitrogens with one attached hydrogen (secondary N) is 1. The van der Waals surface area contributed by atoms with E-state index < -0.39 is 11.6 Å². The SMILES string of the molecule is CCCCC(CC)Nc1c(F)cc(F)cc1Br. The molecule has 1 aromatic rings. The molecule has 0 spiro atoms. The Morgan fingerprint density at radius 2 is 2.00 bits per heavy atom. The topological polar surface area (TPSA) is 12.0 Å². The van der Waals surface area contributed by atoms with Gasteiger partial charge in [0.15, 0.2) is 0 Å². The van der Waals surface area contributed by atoms with E-state index in [1.165, 1.54) is 6.07 Å². The smallest absolute Gasteiger partial charge is 0.150 e. The summed E-state index contributed by atoms with van der Waals surface area (Å²) in [5.41, 5.74) is 0.356. The number of anilines is 1. The predicted molar refractivity (Wildman–Crippen MR) is 71.3 cm³/mol. The van der Waals surface area contributed by atoms with Gasteiger partial charge in [0.25, 0.3) is 0 Å². The third-order valence-corrected chi connectivity index (χ3v) is 3.38. The zero-order valence-electron chi connectivity index (χ0n) is 10.2. The van der Waals surface area contributed by atoms with Crippen LogP contribution in [0.1, 0.15) is 39.5 Å². The molecule has 1 nitrogen and oxygen atoms in total. The van der Waals surface area contributed by atoms with Crippen molar-refractivity contribution in [3.63, 3.8) is 0 Å². The molecule has 0 aliphatic rings. The molecule has 4 heteroatoms. The molecule has 0 aliphatic heterocycles. The Kier molecular flexibility index (Phi) is 5.89. The normalized spacial score (nSPS) is 12.5. The van der Waals surface area contributed by atoms with E-state index in [4.69, 9.17) is 0 Å². The third-order valence-electron chi connectivity index (χ3n) is 2.75. The Balaban J connectivity index is 2.78. The molecule has 0 amide bonds. The summed E-state index contributed by atoms with van der Waals surface area (Å²) in [7, 11) is 0. The van der Waals surface area contributed by atoms with E-state index in [0.717, 1.165) is 31.7 Å². The highest BCUT2D eigenvalue weighted by atomic mass is 79.9. The fourth-order valence-corrected chi connectivity index (χ4v) is 2.24. The van der Waals surface area contributed by atoms with Gasteiger partial charge in [-0.1, -0.05) is 26.7 Å². The average molecular weight is 306 g/mol. The second-order valence-corrected chi connectivity index (χ2v) is 4.99. The zero-order chi connectivity index (χ0) is 12.8. The molecule has 1 rings (SSSR count). The molecule has 0 saturated carbocycles. The van der Waals surface area contributed by atoms with E-state index in [2.05, 4.69) is 35.1 Å². The largest absolute Gasteiger partial charge is 0.379 e. The molecule has 96 valence electrons. The Bertz CT molecular complexity index is 345. The molecular formula is C13H18BrF2N. The first-order chi connectivity index (χ1) is 8.08. The van der Waals surface area contributed by atoms with Gasteiger partial charge in [0.2, 0.25) is 0 Å². The molecule has 1 N–H and O–H groups in total. The Hall–Kier alpha value is -0.640. The Morgan fingerprint density at radius 1 is 1.29 bits per heavy atom. The van der Waals surface area contributed by atoms with Crippen LogP contribution in [-0.4, -0.2) is 6.04 Å². The number of hydrogen-bond acceptors (Lipinski definition) is 1. The number of unbranched alkanes of at least 4 members (excludes halogenated alkanes) is 1. The molecule has 1 aromatic carbocycles. The summed E-state index contributed by atoms with van der Waals surface area (Å²) in [6.45, 7) is 4.18. The summed E-state index contributed by atoms with van der Waals surface area (Å²) in [5.74, 6) is -1.12. The maximum atomic E-state index is 13.6. The molecule has 1 atom stereocenters. The van der Waals surface area contributed by atoms with Crippen molar-refractivity contribution in [2.45, 2.75) is 45.6 Å². The van der Waals surface area contributed by atoms with Crippen molar-refractivity contribution in [1.82, 2.24) is 0 Å². The first-order valence-electron chi connectivity index (χ1n) is 5.99. The highest BCUT2D eigenvalue weighted by Crippen LogP contribution is 2.28. The first-order valence-corrected chi connectivity index (χ1v) is 6.78. The van der Waals surface area contributed by atoms with Crippen LogP contribution < -0.4 is 5.32 Å². The predicted octanol–water partition coefficient (Wildman–Crippen LogP) is 5.11. The average Bonchev–Trinajstić information content (AvgIpc) is 2.27. The molecule has 0 bridgehead atoms. The lowest BCUT2D eigenvalue weighted by atomic mass is 10.1. The van der Waals surface area contributed by atoms with Crippen LogP contribution in [0.15, 0.2) is 16.6 Å². The van der Waals surface area contributed by atoms with Crippen LogP contribution in [0.3, 0.4) is 0 Å². The van der Waals surface area contributed by atoms with Gasteiger partial charge in [-0.3, -0.25) is 0 Å². The fraction of sp³-hybridized carbons (Fsp3) is 0.538. The molecule has 17 heavy (non-hydrogen) atoms. The second kappa shape index (κ2) is 6.94. The van der Waals surface area contributed by atoms with Gasteiger partial charge in [-0.15, -0.1) is 0 Å². The van der Waals surface area contributed by atoms with E-state index in [-0.39, 0.29) is 6.04 Å². The van der Waals surface area contributed by atoms with Crippen molar-refractivity contribution in [2.75, 3.05) is 5.32 Å². The van der Waals surface area contributed by atoms with Crippen molar-refractivity contribution in [1.29, 1.82) is 0 Å². The summed E-state index contributed by atoms with van der Waals surface area (Å²) in [5, 5.41) is 3.14. The number of halogens is 3. The van der Waals surface area contributed by atoms with Crippen LogP contribution in [0.5, 0.6) is 0 Å². The standard InChI is InChI=1S/C13H18BrF2N/c1-3-5-6-10(4-2)17-13-11(14)7-9(15)8-12(13)16/h7-8,10,17H,3-6H2,1-2H3. The van der Waals surface area contributed by atoms with Crippen LogP contribution in [0.25, 0.3) is 0 Å². The molecule has 1 unspecified atom stereocenters. The van der Waals surface area contributed by atoms with Crippen LogP contribution in [0.2, 0.25) is 0 Å². The molecular weight excluding hydrogens is 288 g/mol. The monoisotopic (exact) mass is 305 g/mol. The minimum absolute atomic E-state index is 0.228. The van der Waals surface area contributed by atoms with E-state index >= 15 is 0 Å². The zero-order valence-corrected chi connectivity index (χ0v) is 11.8. The highest BCUT2D eigenvalue weighted by molar-refractivity contribution is 9.10. The van der Waals surface area contributed by atoms with Crippen LogP contribution in [-0.2, 0) is 0 Å². The summed E-state index contributed by atoms with van der Waals surface area (Å²) in [6.07, 6.45) is 4.14. The lowest BCUT2D eigenvalue weighted by Gasteiger charge is -2.19. The van der Waals surface area contributed by atoms with Crippen molar-refractivity contribution in [2.24, 2.45) is 0 Å². The summed E-state index contributed by atoms with van der Waals surface area (Å²) < 4.78 is 27.0. The van der Waals surface area contributed by atoms with Gasteiger partial charge in [-0.2, -0.15) is 0 Å². The number of hydrogen-bond donors (Lipinski definition) is 1. The number of benzene rings is 1. The van der Waals surface area contributed by atoms with Gasteiger partial charge in [0.1, 0.15) is 11.6 Å². The quantitative estimate of drug-likeness (QED) is 0.770. The first kappa shape index (κ1) is 14.4. The number of rotatable bonds is 6. The Morgan fingerprint density at radius 3 is 2.53 bits per heavy atom. The van der Waals surface area contributed by atoms with Gasteiger partial charge in [0, 0.05) is 16.6 Å². The molecule has 0 aromatic heterocycles. The molecule has 0 heterocycles. The Labute approximate surface area is 110 Å². The minimum Gasteiger partial charge on any atom is -0.379 e. The lowest BCUT2D eigenvalue weighted by Crippen LogP contribution is -2.19. The van der Waals surface area contributed by atoms with Crippen LogP contribution in [0.4, 0.5) is 14.5 Å². The van der Waals surface area contributed by atoms with E-state index in [1.807, 2.05) is 0 Å². The highest BCUT2D eigenvalue weighted by Gasteiger charge is 2.13. The van der Waals surface area contributed by atoms with E-state index in [1.54, 1.807) is 0 Å². The maximum absolute atomic E-state index is 13.6. The van der Waals surface area contributed by atoms with Crippen molar-refractivity contribution in [3.05, 3.63) is 28.2 Å². The van der Waals surface area contributed by atoms with Gasteiger partial charge >= 0.3 is 0 Å². The summed E-state index contributed by atoms with van der Waals surface area (Å²) in [4.78, 5) is 0. The van der Waals surface area contributed by atoms with Crippen LogP contribution in [0, 0.1) is 11.6 Å². The summed E-state index contributed by atoms with van der Waals surface area (Å²) >= 11 is 3.18. The van der Waals surface area contributed by atoms with Gasteiger partial charge < -0.3 is 5.32 Å². The van der Waals surface area contributed by atoms with E-state index in [0.29, 0.717) is 10.2 Å². The molecule has 0 aliphatic carbocycles. The minimum atomic E-state index is -0.568. The fourth-order valence-electron chi connectivity index (χ4n) is 1.71. The van der Waals surface area contributed by atoms with Crippen LogP contribution >= 0.6 is 15.9 Å². The summed E-state index contributed by atoms with van der Waals surface area (Å²) in [6, 6.07) is 2.41. The maximum Gasteiger partial charge on any atom is 0.150 e. The van der Waals surface area contributed by atoms with Gasteiger partial charge in [0.05, 0.1) is 5.69 Å². The van der Waals surface area contributed by atoms with E-state index in [9.17, 15) is 8.78 Å².